The Morgan fingerprint density at radius 2 is 2.04 bits per heavy atom. The van der Waals surface area contributed by atoms with Crippen LogP contribution in [0.15, 0.2) is 23.1 Å². The molecule has 2 aliphatic heterocycles. The van der Waals surface area contributed by atoms with Crippen LogP contribution in [0.3, 0.4) is 0 Å². The van der Waals surface area contributed by atoms with Gasteiger partial charge in [-0.05, 0) is 31.9 Å². The molecule has 23 heavy (non-hydrogen) atoms. The van der Waals surface area contributed by atoms with Crippen LogP contribution in [0.4, 0.5) is 5.69 Å². The molecule has 0 radical (unpaired) electrons. The number of nitro groups is 1. The van der Waals surface area contributed by atoms with Crippen LogP contribution in [-0.4, -0.2) is 49.9 Å². The Labute approximate surface area is 134 Å². The molecule has 2 saturated heterocycles. The molecule has 2 unspecified atom stereocenters. The fraction of sp³-hybridized carbons (Fsp3) is 0.571. The third-order valence-corrected chi connectivity index (χ3v) is 6.55. The van der Waals surface area contributed by atoms with Crippen molar-refractivity contribution in [1.82, 2.24) is 9.62 Å². The Balaban J connectivity index is 2.04. The van der Waals surface area contributed by atoms with Crippen LogP contribution >= 0.6 is 0 Å². The molecule has 1 aromatic carbocycles. The van der Waals surface area contributed by atoms with Crippen LogP contribution in [0, 0.1) is 10.1 Å². The van der Waals surface area contributed by atoms with E-state index < -0.39 is 14.9 Å². The normalized spacial score (nSPS) is 25.1. The lowest BCUT2D eigenvalue weighted by Crippen LogP contribution is -2.42. The van der Waals surface area contributed by atoms with Crippen LogP contribution in [0.5, 0.6) is 5.75 Å². The molecule has 2 bridgehead atoms. The number of hydrogen-bond donors (Lipinski definition) is 1. The molecule has 2 heterocycles. The molecule has 0 saturated carbocycles. The molecule has 0 amide bonds. The number of benzene rings is 1. The second-order valence-corrected chi connectivity index (χ2v) is 7.62. The van der Waals surface area contributed by atoms with Crippen LogP contribution in [0.25, 0.3) is 0 Å². The summed E-state index contributed by atoms with van der Waals surface area (Å²) in [7, 11) is -2.44. The number of nitrogens with zero attached hydrogens (tertiary/aromatic N) is 2. The van der Waals surface area contributed by atoms with Crippen molar-refractivity contribution in [1.29, 1.82) is 0 Å². The van der Waals surface area contributed by atoms with Gasteiger partial charge in [0.2, 0.25) is 10.0 Å². The fourth-order valence-electron chi connectivity index (χ4n) is 3.43. The lowest BCUT2D eigenvalue weighted by Gasteiger charge is -2.27. The van der Waals surface area contributed by atoms with Crippen LogP contribution in [-0.2, 0) is 10.0 Å². The standard InChI is InChI=1S/C14H19N3O5S/c1-22-13-8-11(17(18)19)4-5-14(13)23(20,21)16-10-2-3-12(16)9-15-7-6-10/h4-5,8,10,12,15H,2-3,6-7,9H2,1H3. The van der Waals surface area contributed by atoms with Gasteiger partial charge in [-0.3, -0.25) is 10.1 Å². The van der Waals surface area contributed by atoms with Crippen molar-refractivity contribution in [2.24, 2.45) is 0 Å². The molecule has 8 nitrogen and oxygen atoms in total. The minimum Gasteiger partial charge on any atom is -0.495 e. The SMILES string of the molecule is COc1cc([N+](=O)[O-])ccc1S(=O)(=O)N1C2CCNCC1CC2. The van der Waals surface area contributed by atoms with Gasteiger partial charge in [0.1, 0.15) is 10.6 Å². The Bertz CT molecular complexity index is 707. The zero-order valence-corrected chi connectivity index (χ0v) is 13.6. The second kappa shape index (κ2) is 6.06. The van der Waals surface area contributed by atoms with Crippen molar-refractivity contribution in [2.45, 2.75) is 36.2 Å². The highest BCUT2D eigenvalue weighted by Crippen LogP contribution is 2.37. The average molecular weight is 341 g/mol. The van der Waals surface area contributed by atoms with Crippen molar-refractivity contribution in [3.8, 4) is 5.75 Å². The Kier molecular flexibility index (Phi) is 4.26. The third kappa shape index (κ3) is 2.79. The van der Waals surface area contributed by atoms with Gasteiger partial charge in [-0.2, -0.15) is 4.31 Å². The summed E-state index contributed by atoms with van der Waals surface area (Å²) in [5, 5.41) is 14.1. The number of non-ortho nitro benzene ring substituents is 1. The van der Waals surface area contributed by atoms with Gasteiger partial charge >= 0.3 is 0 Å². The summed E-state index contributed by atoms with van der Waals surface area (Å²) in [6, 6.07) is 3.52. The number of hydrogen-bond acceptors (Lipinski definition) is 6. The number of sulfonamides is 1. The first-order valence-corrected chi connectivity index (χ1v) is 8.96. The monoisotopic (exact) mass is 341 g/mol. The summed E-state index contributed by atoms with van der Waals surface area (Å²) in [5.74, 6) is 0.0100. The average Bonchev–Trinajstić information content (AvgIpc) is 2.80. The Morgan fingerprint density at radius 3 is 2.74 bits per heavy atom. The van der Waals surface area contributed by atoms with Crippen molar-refractivity contribution < 1.29 is 18.1 Å². The van der Waals surface area contributed by atoms with E-state index in [1.807, 2.05) is 0 Å². The van der Waals surface area contributed by atoms with Gasteiger partial charge in [0, 0.05) is 24.7 Å². The van der Waals surface area contributed by atoms with Gasteiger partial charge in [-0.25, -0.2) is 8.42 Å². The summed E-state index contributed by atoms with van der Waals surface area (Å²) in [6.07, 6.45) is 2.44. The number of ether oxygens (including phenoxy) is 1. The lowest BCUT2D eigenvalue weighted by molar-refractivity contribution is -0.385. The smallest absolute Gasteiger partial charge is 0.273 e. The summed E-state index contributed by atoms with van der Waals surface area (Å²) in [6.45, 7) is 1.43. The van der Waals surface area contributed by atoms with Gasteiger partial charge in [0.05, 0.1) is 18.1 Å². The Hall–Kier alpha value is -1.71. The number of nitrogens with one attached hydrogen (secondary N) is 1. The van der Waals surface area contributed by atoms with Gasteiger partial charge in [0.25, 0.3) is 5.69 Å². The maximum atomic E-state index is 13.1. The fourth-order valence-corrected chi connectivity index (χ4v) is 5.47. The van der Waals surface area contributed by atoms with Crippen molar-refractivity contribution in [3.63, 3.8) is 0 Å². The number of fused-ring (bicyclic) bond motifs is 2. The molecular weight excluding hydrogens is 322 g/mol. The van der Waals surface area contributed by atoms with Crippen molar-refractivity contribution in [2.75, 3.05) is 20.2 Å². The van der Waals surface area contributed by atoms with E-state index in [2.05, 4.69) is 5.32 Å². The van der Waals surface area contributed by atoms with E-state index in [1.165, 1.54) is 19.2 Å². The first-order valence-electron chi connectivity index (χ1n) is 7.52. The first-order chi connectivity index (χ1) is 10.9. The van der Waals surface area contributed by atoms with E-state index in [4.69, 9.17) is 4.74 Å². The van der Waals surface area contributed by atoms with E-state index in [0.29, 0.717) is 6.54 Å². The lowest BCUT2D eigenvalue weighted by atomic mass is 10.1. The van der Waals surface area contributed by atoms with E-state index in [-0.39, 0.29) is 28.4 Å². The topological polar surface area (TPSA) is 102 Å². The minimum atomic E-state index is -3.76. The molecule has 2 atom stereocenters. The van der Waals surface area contributed by atoms with Crippen LogP contribution in [0.2, 0.25) is 0 Å². The predicted octanol–water partition coefficient (Wildman–Crippen LogP) is 1.12. The largest absolute Gasteiger partial charge is 0.495 e. The summed E-state index contributed by atoms with van der Waals surface area (Å²) in [5.41, 5.74) is -0.193. The minimum absolute atomic E-state index is 0.00981. The van der Waals surface area contributed by atoms with Crippen LogP contribution in [0.1, 0.15) is 19.3 Å². The van der Waals surface area contributed by atoms with Crippen LogP contribution < -0.4 is 10.1 Å². The molecule has 0 spiro atoms. The van der Waals surface area contributed by atoms with E-state index in [1.54, 1.807) is 4.31 Å². The Morgan fingerprint density at radius 1 is 1.30 bits per heavy atom. The molecule has 2 fully saturated rings. The molecule has 1 aromatic rings. The number of nitro benzene ring substituents is 1. The zero-order valence-electron chi connectivity index (χ0n) is 12.8. The van der Waals surface area contributed by atoms with Gasteiger partial charge in [-0.15, -0.1) is 0 Å². The maximum absolute atomic E-state index is 13.1. The van der Waals surface area contributed by atoms with E-state index >= 15 is 0 Å². The van der Waals surface area contributed by atoms with E-state index in [0.717, 1.165) is 31.9 Å². The summed E-state index contributed by atoms with van der Waals surface area (Å²) in [4.78, 5) is 10.3. The third-order valence-electron chi connectivity index (χ3n) is 4.50. The highest BCUT2D eigenvalue weighted by atomic mass is 32.2. The summed E-state index contributed by atoms with van der Waals surface area (Å²) < 4.78 is 32.9. The molecule has 3 rings (SSSR count). The van der Waals surface area contributed by atoms with E-state index in [9.17, 15) is 18.5 Å². The molecule has 126 valence electrons. The molecule has 0 aromatic heterocycles. The second-order valence-electron chi connectivity index (χ2n) is 5.81. The van der Waals surface area contributed by atoms with Gasteiger partial charge in [-0.1, -0.05) is 0 Å². The first kappa shape index (κ1) is 16.2. The highest BCUT2D eigenvalue weighted by Gasteiger charge is 2.44. The quantitative estimate of drug-likeness (QED) is 0.650. The predicted molar refractivity (Wildman–Crippen MR) is 83.0 cm³/mol. The van der Waals surface area contributed by atoms with Crippen molar-refractivity contribution in [3.05, 3.63) is 28.3 Å². The molecule has 9 heteroatoms. The summed E-state index contributed by atoms with van der Waals surface area (Å²) >= 11 is 0. The number of methoxy groups -OCH3 is 1. The zero-order chi connectivity index (χ0) is 16.6. The molecule has 1 N–H and O–H groups in total. The molecule has 0 aliphatic carbocycles. The van der Waals surface area contributed by atoms with Gasteiger partial charge in [0.15, 0.2) is 0 Å². The van der Waals surface area contributed by atoms with Gasteiger partial charge < -0.3 is 10.1 Å². The van der Waals surface area contributed by atoms with Crippen molar-refractivity contribution >= 4 is 15.7 Å². The molecular formula is C14H19N3O5S. The number of rotatable bonds is 4. The maximum Gasteiger partial charge on any atom is 0.273 e. The highest BCUT2D eigenvalue weighted by molar-refractivity contribution is 7.89. The molecule has 2 aliphatic rings.